The highest BCUT2D eigenvalue weighted by Gasteiger charge is 2.30. The smallest absolute Gasteiger partial charge is 0.247 e. The molecule has 0 fully saturated rings. The average molecular weight is 499 g/mol. The number of benzene rings is 3. The molecule has 0 radical (unpaired) electrons. The van der Waals surface area contributed by atoms with E-state index in [2.05, 4.69) is 5.32 Å². The standard InChI is InChI=1S/C26H30N2O6S/c1-19-13-14-24(34-4)25(15-19)35(30,31)28(17-20-9-6-5-7-10-20)18-26(29)27-16-21-22(32-2)11-8-12-23(21)33-3/h5-15H,16-18H2,1-4H3,(H,27,29). The maximum atomic E-state index is 13.7. The van der Waals surface area contributed by atoms with Gasteiger partial charge in [-0.2, -0.15) is 4.31 Å². The number of sulfonamides is 1. The topological polar surface area (TPSA) is 94.2 Å². The van der Waals surface area contributed by atoms with Gasteiger partial charge in [-0.1, -0.05) is 42.5 Å². The summed E-state index contributed by atoms with van der Waals surface area (Å²) < 4.78 is 44.6. The molecule has 1 N–H and O–H groups in total. The first-order valence-electron chi connectivity index (χ1n) is 11.0. The molecule has 0 unspecified atom stereocenters. The molecule has 0 spiro atoms. The van der Waals surface area contributed by atoms with Crippen LogP contribution < -0.4 is 19.5 Å². The molecule has 0 heterocycles. The number of hydrogen-bond donors (Lipinski definition) is 1. The van der Waals surface area contributed by atoms with Crippen LogP contribution in [0.15, 0.2) is 71.6 Å². The van der Waals surface area contributed by atoms with E-state index in [1.807, 2.05) is 30.3 Å². The van der Waals surface area contributed by atoms with Crippen LogP contribution in [0.1, 0.15) is 16.7 Å². The van der Waals surface area contributed by atoms with Gasteiger partial charge in [0.15, 0.2) is 0 Å². The Kier molecular flexibility index (Phi) is 8.73. The van der Waals surface area contributed by atoms with Crippen molar-refractivity contribution in [3.05, 3.63) is 83.4 Å². The molecule has 3 aromatic rings. The van der Waals surface area contributed by atoms with Gasteiger partial charge in [0, 0.05) is 6.54 Å². The molecule has 0 atom stereocenters. The van der Waals surface area contributed by atoms with Crippen LogP contribution >= 0.6 is 0 Å². The molecule has 0 aliphatic carbocycles. The van der Waals surface area contributed by atoms with Gasteiger partial charge in [0.05, 0.1) is 40.0 Å². The summed E-state index contributed by atoms with van der Waals surface area (Å²) in [5.74, 6) is 0.864. The highest BCUT2D eigenvalue weighted by molar-refractivity contribution is 7.89. The summed E-state index contributed by atoms with van der Waals surface area (Å²) in [6.45, 7) is 1.55. The third-order valence-electron chi connectivity index (χ3n) is 5.45. The fourth-order valence-electron chi connectivity index (χ4n) is 3.64. The van der Waals surface area contributed by atoms with Gasteiger partial charge in [0.25, 0.3) is 0 Å². The largest absolute Gasteiger partial charge is 0.496 e. The number of carbonyl (C=O) groups is 1. The second-order valence-electron chi connectivity index (χ2n) is 7.83. The number of amides is 1. The van der Waals surface area contributed by atoms with E-state index in [1.54, 1.807) is 43.3 Å². The molecule has 0 saturated heterocycles. The lowest BCUT2D eigenvalue weighted by molar-refractivity contribution is -0.121. The minimum absolute atomic E-state index is 0.00938. The molecule has 0 saturated carbocycles. The second kappa shape index (κ2) is 11.7. The molecule has 0 aromatic heterocycles. The highest BCUT2D eigenvalue weighted by atomic mass is 32.2. The third-order valence-corrected chi connectivity index (χ3v) is 7.26. The predicted molar refractivity (Wildman–Crippen MR) is 133 cm³/mol. The van der Waals surface area contributed by atoms with Crippen LogP contribution in [0.25, 0.3) is 0 Å². The Hall–Kier alpha value is -3.56. The van der Waals surface area contributed by atoms with Gasteiger partial charge in [-0.05, 0) is 42.3 Å². The fourth-order valence-corrected chi connectivity index (χ4v) is 5.27. The lowest BCUT2D eigenvalue weighted by atomic mass is 10.1. The molecular weight excluding hydrogens is 468 g/mol. The summed E-state index contributed by atoms with van der Waals surface area (Å²) >= 11 is 0. The van der Waals surface area contributed by atoms with E-state index >= 15 is 0 Å². The molecule has 0 aliphatic heterocycles. The van der Waals surface area contributed by atoms with Crippen molar-refractivity contribution >= 4 is 15.9 Å². The monoisotopic (exact) mass is 498 g/mol. The lowest BCUT2D eigenvalue weighted by Crippen LogP contribution is -2.40. The molecule has 186 valence electrons. The summed E-state index contributed by atoms with van der Waals surface area (Å²) in [6, 6.07) is 19.4. The van der Waals surface area contributed by atoms with Crippen LogP contribution in [0, 0.1) is 6.92 Å². The maximum absolute atomic E-state index is 13.7. The van der Waals surface area contributed by atoms with E-state index in [1.165, 1.54) is 21.3 Å². The van der Waals surface area contributed by atoms with Crippen molar-refractivity contribution in [2.24, 2.45) is 0 Å². The number of carbonyl (C=O) groups excluding carboxylic acids is 1. The van der Waals surface area contributed by atoms with E-state index < -0.39 is 15.9 Å². The lowest BCUT2D eigenvalue weighted by Gasteiger charge is -2.23. The summed E-state index contributed by atoms with van der Waals surface area (Å²) in [7, 11) is 0.408. The van der Waals surface area contributed by atoms with Crippen molar-refractivity contribution in [3.63, 3.8) is 0 Å². The van der Waals surface area contributed by atoms with Crippen molar-refractivity contribution < 1.29 is 27.4 Å². The summed E-state index contributed by atoms with van der Waals surface area (Å²) in [5.41, 5.74) is 2.17. The zero-order valence-electron chi connectivity index (χ0n) is 20.3. The zero-order valence-corrected chi connectivity index (χ0v) is 21.1. The number of ether oxygens (including phenoxy) is 3. The van der Waals surface area contributed by atoms with Crippen LogP contribution in [0.5, 0.6) is 17.2 Å². The first kappa shape index (κ1) is 26.1. The van der Waals surface area contributed by atoms with E-state index in [4.69, 9.17) is 14.2 Å². The summed E-state index contributed by atoms with van der Waals surface area (Å²) in [5, 5.41) is 2.79. The number of nitrogens with zero attached hydrogens (tertiary/aromatic N) is 1. The van der Waals surface area contributed by atoms with Gasteiger partial charge < -0.3 is 19.5 Å². The number of aryl methyl sites for hydroxylation is 1. The molecule has 8 nitrogen and oxygen atoms in total. The second-order valence-corrected chi connectivity index (χ2v) is 9.74. The van der Waals surface area contributed by atoms with Gasteiger partial charge in [0.2, 0.25) is 15.9 Å². The molecule has 3 aromatic carbocycles. The van der Waals surface area contributed by atoms with Gasteiger partial charge in [0.1, 0.15) is 22.1 Å². The van der Waals surface area contributed by atoms with Crippen LogP contribution in [0.3, 0.4) is 0 Å². The van der Waals surface area contributed by atoms with Crippen molar-refractivity contribution in [1.29, 1.82) is 0 Å². The van der Waals surface area contributed by atoms with E-state index in [9.17, 15) is 13.2 Å². The van der Waals surface area contributed by atoms with E-state index in [-0.39, 0.29) is 30.3 Å². The van der Waals surface area contributed by atoms with Gasteiger partial charge in [-0.15, -0.1) is 0 Å². The van der Waals surface area contributed by atoms with Gasteiger partial charge in [-0.25, -0.2) is 8.42 Å². The van der Waals surface area contributed by atoms with Gasteiger partial charge >= 0.3 is 0 Å². The van der Waals surface area contributed by atoms with Gasteiger partial charge in [-0.3, -0.25) is 4.79 Å². The molecule has 0 aliphatic rings. The zero-order chi connectivity index (χ0) is 25.4. The predicted octanol–water partition coefficient (Wildman–Crippen LogP) is 3.53. The fraction of sp³-hybridized carbons (Fsp3) is 0.269. The van der Waals surface area contributed by atoms with Crippen LogP contribution in [0.4, 0.5) is 0 Å². The molecule has 0 bridgehead atoms. The van der Waals surface area contributed by atoms with E-state index in [0.717, 1.165) is 15.4 Å². The Bertz CT molecular complexity index is 1240. The Morgan fingerprint density at radius 2 is 1.49 bits per heavy atom. The van der Waals surface area contributed by atoms with Crippen LogP contribution in [0.2, 0.25) is 0 Å². The van der Waals surface area contributed by atoms with Crippen molar-refractivity contribution in [2.45, 2.75) is 24.9 Å². The first-order chi connectivity index (χ1) is 16.8. The minimum atomic E-state index is -4.07. The Balaban J connectivity index is 1.89. The molecule has 35 heavy (non-hydrogen) atoms. The number of nitrogens with one attached hydrogen (secondary N) is 1. The van der Waals surface area contributed by atoms with Crippen molar-refractivity contribution in [3.8, 4) is 17.2 Å². The molecule has 9 heteroatoms. The molecular formula is C26H30N2O6S. The Morgan fingerprint density at radius 1 is 0.857 bits per heavy atom. The van der Waals surface area contributed by atoms with Crippen LogP contribution in [-0.4, -0.2) is 46.5 Å². The maximum Gasteiger partial charge on any atom is 0.247 e. The van der Waals surface area contributed by atoms with Crippen LogP contribution in [-0.2, 0) is 27.9 Å². The third kappa shape index (κ3) is 6.32. The molecule has 1 amide bonds. The number of rotatable bonds is 11. The van der Waals surface area contributed by atoms with E-state index in [0.29, 0.717) is 17.1 Å². The summed E-state index contributed by atoms with van der Waals surface area (Å²) in [6.07, 6.45) is 0. The minimum Gasteiger partial charge on any atom is -0.496 e. The first-order valence-corrected chi connectivity index (χ1v) is 12.4. The Labute approximate surface area is 206 Å². The van der Waals surface area contributed by atoms with Crippen molar-refractivity contribution in [1.82, 2.24) is 9.62 Å². The normalized spacial score (nSPS) is 11.2. The Morgan fingerprint density at radius 3 is 2.09 bits per heavy atom. The highest BCUT2D eigenvalue weighted by Crippen LogP contribution is 2.30. The SMILES string of the molecule is COc1ccc(C)cc1S(=O)(=O)N(CC(=O)NCc1c(OC)cccc1OC)Cc1ccccc1. The average Bonchev–Trinajstić information content (AvgIpc) is 2.87. The molecule has 3 rings (SSSR count). The number of methoxy groups -OCH3 is 3. The summed E-state index contributed by atoms with van der Waals surface area (Å²) in [4.78, 5) is 13.0. The van der Waals surface area contributed by atoms with Crippen molar-refractivity contribution in [2.75, 3.05) is 27.9 Å². The number of hydrogen-bond acceptors (Lipinski definition) is 6. The quantitative estimate of drug-likeness (QED) is 0.435.